The second-order valence-electron chi connectivity index (χ2n) is 5.57. The van der Waals surface area contributed by atoms with Crippen molar-refractivity contribution in [1.29, 1.82) is 0 Å². The molecule has 0 aliphatic carbocycles. The molecule has 2 unspecified atom stereocenters. The van der Waals surface area contributed by atoms with E-state index in [4.69, 9.17) is 0 Å². The number of hydrogen-bond donors (Lipinski definition) is 1. The topological polar surface area (TPSA) is 15.3 Å². The molecule has 2 heteroatoms. The molecule has 0 saturated carbocycles. The Labute approximate surface area is 102 Å². The molecule has 96 valence electrons. The van der Waals surface area contributed by atoms with Crippen LogP contribution in [-0.2, 0) is 0 Å². The third kappa shape index (κ3) is 5.31. The highest BCUT2D eigenvalue weighted by molar-refractivity contribution is 4.74. The predicted molar refractivity (Wildman–Crippen MR) is 71.8 cm³/mol. The number of hydrogen-bond acceptors (Lipinski definition) is 2. The van der Waals surface area contributed by atoms with Gasteiger partial charge in [-0.2, -0.15) is 0 Å². The van der Waals surface area contributed by atoms with Crippen LogP contribution in [0, 0.1) is 11.8 Å². The molecule has 0 spiro atoms. The van der Waals surface area contributed by atoms with Crippen LogP contribution in [0.3, 0.4) is 0 Å². The highest BCUT2D eigenvalue weighted by Gasteiger charge is 2.20. The summed E-state index contributed by atoms with van der Waals surface area (Å²) in [4.78, 5) is 2.50. The van der Waals surface area contributed by atoms with E-state index in [1.165, 1.54) is 58.2 Å². The van der Waals surface area contributed by atoms with Crippen molar-refractivity contribution in [1.82, 2.24) is 10.2 Å². The van der Waals surface area contributed by atoms with Crippen LogP contribution in [0.4, 0.5) is 0 Å². The summed E-state index contributed by atoms with van der Waals surface area (Å²) in [5.41, 5.74) is 0. The first-order valence-electron chi connectivity index (χ1n) is 7.09. The molecule has 1 aliphatic heterocycles. The quantitative estimate of drug-likeness (QED) is 0.718. The number of nitrogens with zero attached hydrogens (tertiary/aromatic N) is 1. The summed E-state index contributed by atoms with van der Waals surface area (Å²) < 4.78 is 0. The van der Waals surface area contributed by atoms with Gasteiger partial charge in [0.2, 0.25) is 0 Å². The second-order valence-corrected chi connectivity index (χ2v) is 5.57. The average Bonchev–Trinajstić information content (AvgIpc) is 2.26. The summed E-state index contributed by atoms with van der Waals surface area (Å²) in [5.74, 6) is 1.86. The van der Waals surface area contributed by atoms with Crippen LogP contribution in [0.25, 0.3) is 0 Å². The molecule has 1 N–H and O–H groups in total. The van der Waals surface area contributed by atoms with E-state index in [1.54, 1.807) is 0 Å². The standard InChI is InChI=1S/C14H30N2/c1-4-5-7-13(11-15-2)10-14-8-6-9-16(3)12-14/h13-15H,4-12H2,1-3H3. The summed E-state index contributed by atoms with van der Waals surface area (Å²) in [6.07, 6.45) is 8.44. The number of piperidine rings is 1. The zero-order chi connectivity index (χ0) is 11.8. The Morgan fingerprint density at radius 1 is 1.44 bits per heavy atom. The Hall–Kier alpha value is -0.0800. The fourth-order valence-corrected chi connectivity index (χ4v) is 3.02. The first-order valence-corrected chi connectivity index (χ1v) is 7.09. The number of likely N-dealkylation sites (tertiary alicyclic amines) is 1. The van der Waals surface area contributed by atoms with Crippen LogP contribution in [0.2, 0.25) is 0 Å². The van der Waals surface area contributed by atoms with Crippen LogP contribution in [0.5, 0.6) is 0 Å². The molecule has 0 amide bonds. The van der Waals surface area contributed by atoms with Crippen molar-refractivity contribution in [3.63, 3.8) is 0 Å². The van der Waals surface area contributed by atoms with E-state index in [0.717, 1.165) is 11.8 Å². The van der Waals surface area contributed by atoms with Crippen LogP contribution >= 0.6 is 0 Å². The molecule has 2 nitrogen and oxygen atoms in total. The monoisotopic (exact) mass is 226 g/mol. The molecule has 0 bridgehead atoms. The van der Waals surface area contributed by atoms with Crippen molar-refractivity contribution >= 4 is 0 Å². The molecule has 2 atom stereocenters. The number of nitrogens with one attached hydrogen (secondary N) is 1. The fraction of sp³-hybridized carbons (Fsp3) is 1.00. The predicted octanol–water partition coefficient (Wildman–Crippen LogP) is 2.74. The van der Waals surface area contributed by atoms with E-state index in [-0.39, 0.29) is 0 Å². The zero-order valence-electron chi connectivity index (χ0n) is 11.5. The molecule has 1 rings (SSSR count). The molecular weight excluding hydrogens is 196 g/mol. The lowest BCUT2D eigenvalue weighted by molar-refractivity contribution is 0.180. The minimum absolute atomic E-state index is 0.904. The fourth-order valence-electron chi connectivity index (χ4n) is 3.02. The molecule has 1 fully saturated rings. The van der Waals surface area contributed by atoms with Crippen LogP contribution < -0.4 is 5.32 Å². The largest absolute Gasteiger partial charge is 0.319 e. The molecule has 0 aromatic carbocycles. The Morgan fingerprint density at radius 2 is 2.25 bits per heavy atom. The van der Waals surface area contributed by atoms with E-state index in [2.05, 4.69) is 31.2 Å². The van der Waals surface area contributed by atoms with Gasteiger partial charge in [0.1, 0.15) is 0 Å². The van der Waals surface area contributed by atoms with Gasteiger partial charge >= 0.3 is 0 Å². The van der Waals surface area contributed by atoms with E-state index in [9.17, 15) is 0 Å². The van der Waals surface area contributed by atoms with Crippen molar-refractivity contribution in [2.75, 3.05) is 33.7 Å². The zero-order valence-corrected chi connectivity index (χ0v) is 11.5. The van der Waals surface area contributed by atoms with Gasteiger partial charge in [-0.15, -0.1) is 0 Å². The Kier molecular flexibility index (Phi) is 7.06. The lowest BCUT2D eigenvalue weighted by atomic mass is 9.86. The molecule has 0 aromatic heterocycles. The maximum Gasteiger partial charge on any atom is 0.000672 e. The maximum absolute atomic E-state index is 3.36. The Bertz CT molecular complexity index is 170. The summed E-state index contributed by atoms with van der Waals surface area (Å²) in [5, 5.41) is 3.36. The van der Waals surface area contributed by atoms with Gasteiger partial charge in [-0.25, -0.2) is 0 Å². The summed E-state index contributed by atoms with van der Waals surface area (Å²) in [7, 11) is 4.36. The maximum atomic E-state index is 3.36. The molecule has 1 heterocycles. The van der Waals surface area contributed by atoms with Crippen molar-refractivity contribution < 1.29 is 0 Å². The first-order chi connectivity index (χ1) is 7.76. The van der Waals surface area contributed by atoms with E-state index >= 15 is 0 Å². The van der Waals surface area contributed by atoms with Crippen molar-refractivity contribution in [2.24, 2.45) is 11.8 Å². The molecule has 0 aromatic rings. The molecular formula is C14H30N2. The summed E-state index contributed by atoms with van der Waals surface area (Å²) >= 11 is 0. The van der Waals surface area contributed by atoms with Crippen molar-refractivity contribution in [2.45, 2.75) is 45.4 Å². The van der Waals surface area contributed by atoms with Crippen molar-refractivity contribution in [3.05, 3.63) is 0 Å². The summed E-state index contributed by atoms with van der Waals surface area (Å²) in [6, 6.07) is 0. The van der Waals surface area contributed by atoms with Gasteiger partial charge in [-0.05, 0) is 64.7 Å². The van der Waals surface area contributed by atoms with Crippen LogP contribution in [0.15, 0.2) is 0 Å². The molecule has 1 aliphatic rings. The third-order valence-corrected chi connectivity index (χ3v) is 3.85. The van der Waals surface area contributed by atoms with Crippen molar-refractivity contribution in [3.8, 4) is 0 Å². The lowest BCUT2D eigenvalue weighted by Crippen LogP contribution is -2.34. The Morgan fingerprint density at radius 3 is 2.88 bits per heavy atom. The highest BCUT2D eigenvalue weighted by atomic mass is 15.1. The summed E-state index contributed by atoms with van der Waals surface area (Å²) in [6.45, 7) is 6.14. The lowest BCUT2D eigenvalue weighted by Gasteiger charge is -2.32. The van der Waals surface area contributed by atoms with Gasteiger partial charge < -0.3 is 10.2 Å². The minimum Gasteiger partial charge on any atom is -0.319 e. The van der Waals surface area contributed by atoms with Gasteiger partial charge in [-0.1, -0.05) is 19.8 Å². The SMILES string of the molecule is CCCCC(CNC)CC1CCCN(C)C1. The molecule has 1 saturated heterocycles. The Balaban J connectivity index is 2.28. The number of rotatable bonds is 7. The number of unbranched alkanes of at least 4 members (excludes halogenated alkanes) is 1. The van der Waals surface area contributed by atoms with Gasteiger partial charge in [-0.3, -0.25) is 0 Å². The minimum atomic E-state index is 0.904. The van der Waals surface area contributed by atoms with Gasteiger partial charge in [0, 0.05) is 6.54 Å². The second kappa shape index (κ2) is 8.08. The average molecular weight is 226 g/mol. The normalized spacial score (nSPS) is 24.6. The smallest absolute Gasteiger partial charge is 0.000672 e. The van der Waals surface area contributed by atoms with Crippen LogP contribution in [-0.4, -0.2) is 38.6 Å². The van der Waals surface area contributed by atoms with E-state index < -0.39 is 0 Å². The van der Waals surface area contributed by atoms with E-state index in [1.807, 2.05) is 0 Å². The van der Waals surface area contributed by atoms with Crippen LogP contribution in [0.1, 0.15) is 45.4 Å². The van der Waals surface area contributed by atoms with Gasteiger partial charge in [0.25, 0.3) is 0 Å². The van der Waals surface area contributed by atoms with Gasteiger partial charge in [0.15, 0.2) is 0 Å². The molecule has 0 radical (unpaired) electrons. The molecule has 16 heavy (non-hydrogen) atoms. The van der Waals surface area contributed by atoms with E-state index in [0.29, 0.717) is 0 Å². The highest BCUT2D eigenvalue weighted by Crippen LogP contribution is 2.25. The van der Waals surface area contributed by atoms with Gasteiger partial charge in [0.05, 0.1) is 0 Å². The third-order valence-electron chi connectivity index (χ3n) is 3.85. The first kappa shape index (κ1) is 14.0.